The van der Waals surface area contributed by atoms with E-state index < -0.39 is 0 Å². The third-order valence-corrected chi connectivity index (χ3v) is 4.62. The van der Waals surface area contributed by atoms with Crippen LogP contribution in [0.1, 0.15) is 24.3 Å². The van der Waals surface area contributed by atoms with Crippen molar-refractivity contribution in [1.82, 2.24) is 9.88 Å². The van der Waals surface area contributed by atoms with Gasteiger partial charge in [-0.2, -0.15) is 0 Å². The second-order valence-electron chi connectivity index (χ2n) is 5.82. The summed E-state index contributed by atoms with van der Waals surface area (Å²) in [6.45, 7) is 4.12. The minimum absolute atomic E-state index is 0.128. The van der Waals surface area contributed by atoms with Crippen molar-refractivity contribution in [2.24, 2.45) is 0 Å². The Bertz CT molecular complexity index is 547. The standard InChI is InChI=1S/C16H20ClN3O/c1-19-6-8-20(9-7-19)16-5-2-12(11-18-16)14-10-13(17)3-4-15(14)21/h2-3,5,11,14H,4,6-10H2,1H3. The van der Waals surface area contributed by atoms with E-state index in [9.17, 15) is 4.79 Å². The molecule has 1 aromatic rings. The van der Waals surface area contributed by atoms with Crippen molar-refractivity contribution >= 4 is 23.2 Å². The van der Waals surface area contributed by atoms with Gasteiger partial charge in [-0.25, -0.2) is 4.98 Å². The summed E-state index contributed by atoms with van der Waals surface area (Å²) in [6.07, 6.45) is 4.69. The molecule has 4 nitrogen and oxygen atoms in total. The van der Waals surface area contributed by atoms with Gasteiger partial charge in [0, 0.05) is 49.7 Å². The highest BCUT2D eigenvalue weighted by Gasteiger charge is 2.25. The summed E-state index contributed by atoms with van der Waals surface area (Å²) in [5.74, 6) is 1.10. The highest BCUT2D eigenvalue weighted by molar-refractivity contribution is 6.30. The lowest BCUT2D eigenvalue weighted by atomic mass is 9.87. The Morgan fingerprint density at radius 1 is 1.24 bits per heavy atom. The number of piperazine rings is 1. The van der Waals surface area contributed by atoms with Crippen molar-refractivity contribution in [1.29, 1.82) is 0 Å². The van der Waals surface area contributed by atoms with Gasteiger partial charge in [-0.1, -0.05) is 23.7 Å². The Balaban J connectivity index is 1.72. The van der Waals surface area contributed by atoms with Crippen LogP contribution in [0.25, 0.3) is 0 Å². The number of anilines is 1. The van der Waals surface area contributed by atoms with Crippen LogP contribution in [0.5, 0.6) is 0 Å². The van der Waals surface area contributed by atoms with Gasteiger partial charge >= 0.3 is 0 Å². The summed E-state index contributed by atoms with van der Waals surface area (Å²) < 4.78 is 0. The zero-order valence-electron chi connectivity index (χ0n) is 12.3. The molecule has 5 heteroatoms. The smallest absolute Gasteiger partial charge is 0.144 e. The SMILES string of the molecule is CN1CCN(c2ccc(C3CC(Cl)=CCC3=O)cn2)CC1. The molecule has 0 saturated carbocycles. The third-order valence-electron chi connectivity index (χ3n) is 4.31. The maximum Gasteiger partial charge on any atom is 0.144 e. The van der Waals surface area contributed by atoms with Crippen LogP contribution < -0.4 is 4.90 Å². The first-order chi connectivity index (χ1) is 10.1. The molecule has 2 aliphatic rings. The van der Waals surface area contributed by atoms with Crippen LogP contribution >= 0.6 is 11.6 Å². The molecule has 0 radical (unpaired) electrons. The van der Waals surface area contributed by atoms with E-state index >= 15 is 0 Å². The van der Waals surface area contributed by atoms with Crippen LogP contribution in [0.3, 0.4) is 0 Å². The minimum atomic E-state index is -0.128. The van der Waals surface area contributed by atoms with E-state index in [-0.39, 0.29) is 11.7 Å². The number of likely N-dealkylation sites (N-methyl/N-ethyl adjacent to an activating group) is 1. The Morgan fingerprint density at radius 3 is 2.67 bits per heavy atom. The van der Waals surface area contributed by atoms with Gasteiger partial charge in [0.1, 0.15) is 11.6 Å². The summed E-state index contributed by atoms with van der Waals surface area (Å²) in [4.78, 5) is 21.2. The fourth-order valence-electron chi connectivity index (χ4n) is 2.88. The number of rotatable bonds is 2. The molecule has 1 aliphatic heterocycles. The molecule has 1 aliphatic carbocycles. The number of Topliss-reactive ketones (excluding diaryl/α,β-unsaturated/α-hetero) is 1. The molecule has 0 bridgehead atoms. The van der Waals surface area contributed by atoms with Crippen LogP contribution in [-0.2, 0) is 4.79 Å². The largest absolute Gasteiger partial charge is 0.354 e. The summed E-state index contributed by atoms with van der Waals surface area (Å²) >= 11 is 6.07. The monoisotopic (exact) mass is 305 g/mol. The maximum atomic E-state index is 12.0. The predicted molar refractivity (Wildman–Crippen MR) is 84.9 cm³/mol. The summed E-state index contributed by atoms with van der Waals surface area (Å²) in [7, 11) is 2.14. The molecule has 3 rings (SSSR count). The normalized spacial score (nSPS) is 24.1. The van der Waals surface area contributed by atoms with E-state index in [1.807, 2.05) is 24.4 Å². The van der Waals surface area contributed by atoms with E-state index in [4.69, 9.17) is 11.6 Å². The fraction of sp³-hybridized carbons (Fsp3) is 0.500. The second-order valence-corrected chi connectivity index (χ2v) is 6.30. The van der Waals surface area contributed by atoms with Gasteiger partial charge in [-0.05, 0) is 25.1 Å². The predicted octanol–water partition coefficient (Wildman–Crippen LogP) is 2.40. The molecule has 21 heavy (non-hydrogen) atoms. The molecule has 0 N–H and O–H groups in total. The summed E-state index contributed by atoms with van der Waals surface area (Å²) in [5, 5.41) is 0.780. The number of halogens is 1. The fourth-order valence-corrected chi connectivity index (χ4v) is 3.11. The molecular formula is C16H20ClN3O. The zero-order chi connectivity index (χ0) is 14.8. The topological polar surface area (TPSA) is 36.4 Å². The molecule has 1 unspecified atom stereocenters. The van der Waals surface area contributed by atoms with Crippen molar-refractivity contribution in [3.8, 4) is 0 Å². The number of nitrogens with zero attached hydrogens (tertiary/aromatic N) is 3. The first-order valence-corrected chi connectivity index (χ1v) is 7.78. The molecule has 0 aromatic carbocycles. The van der Waals surface area contributed by atoms with Gasteiger partial charge in [-0.15, -0.1) is 0 Å². The van der Waals surface area contributed by atoms with Crippen LogP contribution in [0.2, 0.25) is 0 Å². The first-order valence-electron chi connectivity index (χ1n) is 7.40. The molecule has 1 fully saturated rings. The van der Waals surface area contributed by atoms with Gasteiger partial charge < -0.3 is 9.80 Å². The molecule has 1 atom stereocenters. The summed E-state index contributed by atoms with van der Waals surface area (Å²) in [5.41, 5.74) is 0.976. The molecule has 0 amide bonds. The van der Waals surface area contributed by atoms with Crippen LogP contribution in [-0.4, -0.2) is 48.9 Å². The van der Waals surface area contributed by atoms with Gasteiger partial charge in [-0.3, -0.25) is 4.79 Å². The lowest BCUT2D eigenvalue weighted by Gasteiger charge is -2.33. The number of allylic oxidation sites excluding steroid dienone is 2. The van der Waals surface area contributed by atoms with E-state index in [1.54, 1.807) is 0 Å². The summed E-state index contributed by atoms with van der Waals surface area (Å²) in [6, 6.07) is 4.05. The van der Waals surface area contributed by atoms with E-state index in [0.717, 1.165) is 42.6 Å². The molecule has 1 aromatic heterocycles. The van der Waals surface area contributed by atoms with Gasteiger partial charge in [0.15, 0.2) is 0 Å². The number of hydrogen-bond donors (Lipinski definition) is 0. The quantitative estimate of drug-likeness (QED) is 0.841. The average Bonchev–Trinajstić information content (AvgIpc) is 2.51. The zero-order valence-corrected chi connectivity index (χ0v) is 13.0. The first kappa shape index (κ1) is 14.5. The molecule has 0 spiro atoms. The lowest BCUT2D eigenvalue weighted by molar-refractivity contribution is -0.119. The van der Waals surface area contributed by atoms with Crippen molar-refractivity contribution in [2.75, 3.05) is 38.1 Å². The van der Waals surface area contributed by atoms with Crippen molar-refractivity contribution < 1.29 is 4.79 Å². The highest BCUT2D eigenvalue weighted by atomic mass is 35.5. The van der Waals surface area contributed by atoms with Gasteiger partial charge in [0.25, 0.3) is 0 Å². The minimum Gasteiger partial charge on any atom is -0.354 e. The Morgan fingerprint density at radius 2 is 2.00 bits per heavy atom. The van der Waals surface area contributed by atoms with E-state index in [2.05, 4.69) is 21.8 Å². The molecule has 112 valence electrons. The van der Waals surface area contributed by atoms with Crippen molar-refractivity contribution in [3.05, 3.63) is 35.0 Å². The maximum absolute atomic E-state index is 12.0. The molecular weight excluding hydrogens is 286 g/mol. The molecule has 2 heterocycles. The van der Waals surface area contributed by atoms with Crippen molar-refractivity contribution in [2.45, 2.75) is 18.8 Å². The highest BCUT2D eigenvalue weighted by Crippen LogP contribution is 2.32. The van der Waals surface area contributed by atoms with Crippen LogP contribution in [0, 0.1) is 0 Å². The number of hydrogen-bond acceptors (Lipinski definition) is 4. The number of ketones is 1. The van der Waals surface area contributed by atoms with Gasteiger partial charge in [0.2, 0.25) is 0 Å². The number of pyridine rings is 1. The van der Waals surface area contributed by atoms with Crippen LogP contribution in [0.15, 0.2) is 29.4 Å². The van der Waals surface area contributed by atoms with Crippen molar-refractivity contribution in [3.63, 3.8) is 0 Å². The average molecular weight is 306 g/mol. The Hall–Kier alpha value is -1.39. The number of carbonyl (C=O) groups is 1. The molecule has 1 saturated heterocycles. The Kier molecular flexibility index (Phi) is 4.27. The third kappa shape index (κ3) is 3.27. The van der Waals surface area contributed by atoms with Crippen LogP contribution in [0.4, 0.5) is 5.82 Å². The van der Waals surface area contributed by atoms with Gasteiger partial charge in [0.05, 0.1) is 0 Å². The van der Waals surface area contributed by atoms with E-state index in [1.165, 1.54) is 0 Å². The van der Waals surface area contributed by atoms with E-state index in [0.29, 0.717) is 12.8 Å². The number of aromatic nitrogens is 1. The number of carbonyl (C=O) groups excluding carboxylic acids is 1. The Labute approximate surface area is 130 Å². The lowest BCUT2D eigenvalue weighted by Crippen LogP contribution is -2.44. The second kappa shape index (κ2) is 6.16.